The molecule has 0 saturated carbocycles. The van der Waals surface area contributed by atoms with Crippen LogP contribution in [-0.4, -0.2) is 33.0 Å². The molecule has 0 N–H and O–H groups in total. The van der Waals surface area contributed by atoms with E-state index < -0.39 is 0 Å². The maximum Gasteiger partial charge on any atom is 0.240 e. The van der Waals surface area contributed by atoms with Crippen LogP contribution in [0.1, 0.15) is 12.5 Å². The summed E-state index contributed by atoms with van der Waals surface area (Å²) < 4.78 is 15.4. The highest BCUT2D eigenvalue weighted by Crippen LogP contribution is 2.29. The van der Waals surface area contributed by atoms with Gasteiger partial charge in [0.05, 0.1) is 11.8 Å². The monoisotopic (exact) mass is 446 g/mol. The van der Waals surface area contributed by atoms with Gasteiger partial charge in [0.25, 0.3) is 0 Å². The lowest BCUT2D eigenvalue weighted by atomic mass is 10.2. The normalized spacial score (nSPS) is 11.8. The fraction of sp³-hybridized carbons (Fsp3) is 0.160. The molecule has 32 heavy (non-hydrogen) atoms. The minimum absolute atomic E-state index is 0.0289. The fourth-order valence-corrected chi connectivity index (χ4v) is 4.30. The van der Waals surface area contributed by atoms with Crippen LogP contribution in [0.3, 0.4) is 0 Å². The average Bonchev–Trinajstić information content (AvgIpc) is 3.21. The van der Waals surface area contributed by atoms with E-state index >= 15 is 0 Å². The van der Waals surface area contributed by atoms with E-state index in [-0.39, 0.29) is 17.0 Å². The summed E-state index contributed by atoms with van der Waals surface area (Å²) in [5, 5.41) is 9.01. The Labute approximate surface area is 190 Å². The van der Waals surface area contributed by atoms with Gasteiger partial charge in [-0.2, -0.15) is 0 Å². The summed E-state index contributed by atoms with van der Waals surface area (Å²) in [6.07, 6.45) is 0. The van der Waals surface area contributed by atoms with Crippen LogP contribution in [0.2, 0.25) is 0 Å². The van der Waals surface area contributed by atoms with Crippen molar-refractivity contribution in [2.45, 2.75) is 23.9 Å². The SMILES string of the molecule is C[C@H](Sc1nnc(-c2ccc(F)cc2)n1Cc1ccccc1)C(=O)N(C)c1ccccc1. The maximum atomic E-state index is 13.4. The van der Waals surface area contributed by atoms with Crippen molar-refractivity contribution in [2.24, 2.45) is 0 Å². The molecule has 0 spiro atoms. The molecule has 0 aliphatic carbocycles. The molecule has 0 aliphatic heterocycles. The number of hydrogen-bond acceptors (Lipinski definition) is 4. The lowest BCUT2D eigenvalue weighted by molar-refractivity contribution is -0.117. The van der Waals surface area contributed by atoms with Crippen LogP contribution < -0.4 is 4.90 Å². The van der Waals surface area contributed by atoms with Crippen LogP contribution in [0.4, 0.5) is 10.1 Å². The van der Waals surface area contributed by atoms with E-state index in [2.05, 4.69) is 10.2 Å². The van der Waals surface area contributed by atoms with Crippen LogP contribution >= 0.6 is 11.8 Å². The molecule has 0 saturated heterocycles. The summed E-state index contributed by atoms with van der Waals surface area (Å²) in [5.74, 6) is 0.298. The first-order valence-electron chi connectivity index (χ1n) is 10.3. The van der Waals surface area contributed by atoms with Gasteiger partial charge in [0, 0.05) is 18.3 Å². The molecule has 1 aromatic heterocycles. The molecule has 0 radical (unpaired) electrons. The molecular weight excluding hydrogens is 423 g/mol. The number of benzene rings is 3. The van der Waals surface area contributed by atoms with Crippen molar-refractivity contribution >= 4 is 23.4 Å². The van der Waals surface area contributed by atoms with Crippen molar-refractivity contribution in [1.82, 2.24) is 14.8 Å². The van der Waals surface area contributed by atoms with Gasteiger partial charge in [0.2, 0.25) is 5.91 Å². The zero-order valence-electron chi connectivity index (χ0n) is 17.9. The third-order valence-corrected chi connectivity index (χ3v) is 6.17. The molecule has 0 fully saturated rings. The van der Waals surface area contributed by atoms with Gasteiger partial charge < -0.3 is 4.90 Å². The van der Waals surface area contributed by atoms with E-state index in [4.69, 9.17) is 0 Å². The third kappa shape index (κ3) is 4.89. The van der Waals surface area contributed by atoms with Gasteiger partial charge in [-0.15, -0.1) is 10.2 Å². The highest BCUT2D eigenvalue weighted by atomic mass is 32.2. The number of anilines is 1. The lowest BCUT2D eigenvalue weighted by Gasteiger charge is -2.21. The van der Waals surface area contributed by atoms with Gasteiger partial charge in [-0.25, -0.2) is 4.39 Å². The van der Waals surface area contributed by atoms with E-state index in [9.17, 15) is 9.18 Å². The Kier molecular flexibility index (Phi) is 6.66. The second-order valence-electron chi connectivity index (χ2n) is 7.38. The molecule has 162 valence electrons. The topological polar surface area (TPSA) is 51.0 Å². The molecule has 0 unspecified atom stereocenters. The van der Waals surface area contributed by atoms with Crippen LogP contribution in [0.25, 0.3) is 11.4 Å². The predicted molar refractivity (Wildman–Crippen MR) is 126 cm³/mol. The number of carbonyl (C=O) groups is 1. The van der Waals surface area contributed by atoms with Gasteiger partial charge in [-0.1, -0.05) is 60.3 Å². The zero-order chi connectivity index (χ0) is 22.5. The third-order valence-electron chi connectivity index (χ3n) is 5.11. The van der Waals surface area contributed by atoms with E-state index in [0.29, 0.717) is 17.5 Å². The number of rotatable bonds is 7. The maximum absolute atomic E-state index is 13.4. The average molecular weight is 447 g/mol. The number of hydrogen-bond donors (Lipinski definition) is 0. The van der Waals surface area contributed by atoms with E-state index in [1.165, 1.54) is 23.9 Å². The van der Waals surface area contributed by atoms with Gasteiger partial charge in [-0.3, -0.25) is 9.36 Å². The van der Waals surface area contributed by atoms with Gasteiger partial charge in [0.15, 0.2) is 11.0 Å². The highest BCUT2D eigenvalue weighted by Gasteiger charge is 2.24. The van der Waals surface area contributed by atoms with Gasteiger partial charge in [0.1, 0.15) is 5.82 Å². The summed E-state index contributed by atoms with van der Waals surface area (Å²) in [4.78, 5) is 14.7. The number of aromatic nitrogens is 3. The molecule has 1 heterocycles. The summed E-state index contributed by atoms with van der Waals surface area (Å²) in [5.41, 5.74) is 2.68. The minimum atomic E-state index is -0.375. The molecular formula is C25H23FN4OS. The Morgan fingerprint density at radius 1 is 0.969 bits per heavy atom. The number of para-hydroxylation sites is 1. The van der Waals surface area contributed by atoms with Crippen molar-refractivity contribution in [1.29, 1.82) is 0 Å². The summed E-state index contributed by atoms with van der Waals surface area (Å²) >= 11 is 1.36. The van der Waals surface area contributed by atoms with E-state index in [0.717, 1.165) is 16.8 Å². The number of carbonyl (C=O) groups excluding carboxylic acids is 1. The largest absolute Gasteiger partial charge is 0.315 e. The Bertz CT molecular complexity index is 1180. The van der Waals surface area contributed by atoms with Gasteiger partial charge >= 0.3 is 0 Å². The Morgan fingerprint density at radius 3 is 2.25 bits per heavy atom. The zero-order valence-corrected chi connectivity index (χ0v) is 18.7. The van der Waals surface area contributed by atoms with Crippen molar-refractivity contribution in [3.05, 3.63) is 96.3 Å². The smallest absolute Gasteiger partial charge is 0.240 e. The van der Waals surface area contributed by atoms with Gasteiger partial charge in [-0.05, 0) is 48.9 Å². The molecule has 1 amide bonds. The Balaban J connectivity index is 1.62. The van der Waals surface area contributed by atoms with Crippen molar-refractivity contribution in [2.75, 3.05) is 11.9 Å². The molecule has 7 heteroatoms. The molecule has 1 atom stereocenters. The quantitative estimate of drug-likeness (QED) is 0.363. The standard InChI is InChI=1S/C25H23FN4OS/c1-18(24(31)29(2)22-11-7-4-8-12-22)32-25-28-27-23(20-13-15-21(26)16-14-20)30(25)17-19-9-5-3-6-10-19/h3-16,18H,17H2,1-2H3/t18-/m0/s1. The number of thioether (sulfide) groups is 1. The first-order chi connectivity index (χ1) is 15.5. The van der Waals surface area contributed by atoms with Crippen molar-refractivity contribution in [3.8, 4) is 11.4 Å². The molecule has 4 rings (SSSR count). The lowest BCUT2D eigenvalue weighted by Crippen LogP contribution is -2.33. The van der Waals surface area contributed by atoms with Crippen LogP contribution in [-0.2, 0) is 11.3 Å². The summed E-state index contributed by atoms with van der Waals surface area (Å²) in [6.45, 7) is 2.41. The molecule has 0 bridgehead atoms. The van der Waals surface area contributed by atoms with E-state index in [1.807, 2.05) is 72.2 Å². The number of halogens is 1. The first kappa shape index (κ1) is 21.8. The van der Waals surface area contributed by atoms with Crippen molar-refractivity contribution < 1.29 is 9.18 Å². The Hall–Kier alpha value is -3.45. The first-order valence-corrected chi connectivity index (χ1v) is 11.1. The summed E-state index contributed by atoms with van der Waals surface area (Å²) in [7, 11) is 1.77. The Morgan fingerprint density at radius 2 is 1.59 bits per heavy atom. The van der Waals surface area contributed by atoms with E-state index in [1.54, 1.807) is 24.1 Å². The predicted octanol–water partition coefficient (Wildman–Crippen LogP) is 5.28. The number of nitrogens with zero attached hydrogens (tertiary/aromatic N) is 4. The second kappa shape index (κ2) is 9.78. The summed E-state index contributed by atoms with van der Waals surface area (Å²) in [6, 6.07) is 25.7. The molecule has 0 aliphatic rings. The number of amides is 1. The van der Waals surface area contributed by atoms with Crippen LogP contribution in [0.5, 0.6) is 0 Å². The second-order valence-corrected chi connectivity index (χ2v) is 8.69. The molecule has 4 aromatic rings. The van der Waals surface area contributed by atoms with Crippen molar-refractivity contribution in [3.63, 3.8) is 0 Å². The van der Waals surface area contributed by atoms with Crippen LogP contribution in [0.15, 0.2) is 90.1 Å². The van der Waals surface area contributed by atoms with Crippen LogP contribution in [0, 0.1) is 5.82 Å². The highest BCUT2D eigenvalue weighted by molar-refractivity contribution is 8.00. The minimum Gasteiger partial charge on any atom is -0.315 e. The molecule has 3 aromatic carbocycles. The molecule has 5 nitrogen and oxygen atoms in total. The fourth-order valence-electron chi connectivity index (χ4n) is 3.36.